The standard InChI is InChI=1S/C20H24F3N5O4/c1-11(2)28-18(31-14-5-3-4-6-15(14)32-20(21,22)23)25-17(26-28)24-16-12-7-8-13(16)10-27(9-12)19(29)30/h3-6,11-13,16H,7-10H2,1-2H3,(H,24,26)(H,29,30)/t12-,13+,16-. The molecule has 0 unspecified atom stereocenters. The summed E-state index contributed by atoms with van der Waals surface area (Å²) >= 11 is 0. The smallest absolute Gasteiger partial charge is 0.465 e. The lowest BCUT2D eigenvalue weighted by atomic mass is 9.92. The van der Waals surface area contributed by atoms with E-state index in [9.17, 15) is 23.1 Å². The molecule has 0 spiro atoms. The molecule has 1 aromatic carbocycles. The number of halogens is 3. The summed E-state index contributed by atoms with van der Waals surface area (Å²) in [6.45, 7) is 4.58. The van der Waals surface area contributed by atoms with Crippen molar-refractivity contribution >= 4 is 12.0 Å². The Hall–Kier alpha value is -3.18. The highest BCUT2D eigenvalue weighted by Crippen LogP contribution is 2.39. The number of nitrogens with zero attached hydrogens (tertiary/aromatic N) is 4. The molecule has 12 heteroatoms. The summed E-state index contributed by atoms with van der Waals surface area (Å²) in [6.07, 6.45) is -3.97. The Morgan fingerprint density at radius 3 is 2.38 bits per heavy atom. The van der Waals surface area contributed by atoms with Crippen molar-refractivity contribution in [2.45, 2.75) is 45.1 Å². The first-order valence-corrected chi connectivity index (χ1v) is 10.3. The van der Waals surface area contributed by atoms with Crippen molar-refractivity contribution in [3.8, 4) is 17.5 Å². The Kier molecular flexibility index (Phi) is 5.78. The molecule has 1 aliphatic carbocycles. The van der Waals surface area contributed by atoms with E-state index in [0.717, 1.165) is 18.9 Å². The Balaban J connectivity index is 1.54. The second kappa shape index (κ2) is 8.40. The zero-order valence-electron chi connectivity index (χ0n) is 17.5. The number of amides is 1. The third-order valence-electron chi connectivity index (χ3n) is 5.77. The van der Waals surface area contributed by atoms with Gasteiger partial charge >= 0.3 is 18.5 Å². The third kappa shape index (κ3) is 4.68. The number of nitrogens with one attached hydrogen (secondary N) is 1. The zero-order chi connectivity index (χ0) is 23.0. The molecule has 2 aromatic rings. The second-order valence-electron chi connectivity index (χ2n) is 8.31. The zero-order valence-corrected chi connectivity index (χ0v) is 17.5. The number of ether oxygens (including phenoxy) is 2. The average molecular weight is 455 g/mol. The lowest BCUT2D eigenvalue weighted by Crippen LogP contribution is -2.49. The number of fused-ring (bicyclic) bond motifs is 2. The number of likely N-dealkylation sites (tertiary alicyclic amines) is 1. The second-order valence-corrected chi connectivity index (χ2v) is 8.31. The van der Waals surface area contributed by atoms with E-state index in [0.29, 0.717) is 13.1 Å². The summed E-state index contributed by atoms with van der Waals surface area (Å²) in [5, 5.41) is 17.0. The molecule has 3 atom stereocenters. The number of para-hydroxylation sites is 2. The molecule has 2 N–H and O–H groups in total. The number of alkyl halides is 3. The van der Waals surface area contributed by atoms with Gasteiger partial charge in [0.2, 0.25) is 5.95 Å². The van der Waals surface area contributed by atoms with Gasteiger partial charge in [-0.3, -0.25) is 0 Å². The van der Waals surface area contributed by atoms with Gasteiger partial charge in [0.1, 0.15) is 0 Å². The highest BCUT2D eigenvalue weighted by atomic mass is 19.4. The fourth-order valence-electron chi connectivity index (χ4n) is 4.38. The minimum atomic E-state index is -4.86. The minimum Gasteiger partial charge on any atom is -0.465 e. The topological polar surface area (TPSA) is 102 Å². The number of hydrogen-bond donors (Lipinski definition) is 2. The van der Waals surface area contributed by atoms with Crippen molar-refractivity contribution in [3.63, 3.8) is 0 Å². The van der Waals surface area contributed by atoms with Crippen molar-refractivity contribution in [2.24, 2.45) is 11.8 Å². The number of benzene rings is 1. The quantitative estimate of drug-likeness (QED) is 0.668. The van der Waals surface area contributed by atoms with Crippen LogP contribution in [0.4, 0.5) is 23.9 Å². The molecular weight excluding hydrogens is 431 g/mol. The van der Waals surface area contributed by atoms with E-state index in [-0.39, 0.29) is 41.6 Å². The Morgan fingerprint density at radius 2 is 1.81 bits per heavy atom. The van der Waals surface area contributed by atoms with Crippen molar-refractivity contribution in [1.29, 1.82) is 0 Å². The molecule has 174 valence electrons. The van der Waals surface area contributed by atoms with Gasteiger partial charge in [0.25, 0.3) is 0 Å². The average Bonchev–Trinajstić information content (AvgIpc) is 3.18. The number of aromatic nitrogens is 3. The fourth-order valence-corrected chi connectivity index (χ4v) is 4.38. The summed E-state index contributed by atoms with van der Waals surface area (Å²) in [7, 11) is 0. The Morgan fingerprint density at radius 1 is 1.19 bits per heavy atom. The summed E-state index contributed by atoms with van der Waals surface area (Å²) in [6, 6.07) is 5.32. The first-order valence-electron chi connectivity index (χ1n) is 10.3. The summed E-state index contributed by atoms with van der Waals surface area (Å²) in [4.78, 5) is 17.1. The summed E-state index contributed by atoms with van der Waals surface area (Å²) in [5.41, 5.74) is 0. The molecule has 2 heterocycles. The van der Waals surface area contributed by atoms with E-state index >= 15 is 0 Å². The van der Waals surface area contributed by atoms with Crippen LogP contribution in [0.5, 0.6) is 17.5 Å². The molecule has 2 fully saturated rings. The number of piperidine rings is 1. The first kappa shape index (κ1) is 22.0. The SMILES string of the molecule is CC(C)n1nc(N[C@@H]2[C@@H]3CC[C@H]2CN(C(=O)O)C3)nc1Oc1ccccc1OC(F)(F)F. The largest absolute Gasteiger partial charge is 0.573 e. The third-order valence-corrected chi connectivity index (χ3v) is 5.77. The summed E-state index contributed by atoms with van der Waals surface area (Å²) in [5.74, 6) is -0.0525. The van der Waals surface area contributed by atoms with Crippen molar-refractivity contribution in [1.82, 2.24) is 19.7 Å². The number of carboxylic acid groups (broad SMARTS) is 1. The van der Waals surface area contributed by atoms with Gasteiger partial charge in [-0.05, 0) is 50.7 Å². The van der Waals surface area contributed by atoms with Crippen LogP contribution in [0.3, 0.4) is 0 Å². The van der Waals surface area contributed by atoms with Crippen LogP contribution >= 0.6 is 0 Å². The Bertz CT molecular complexity index is 966. The van der Waals surface area contributed by atoms with Gasteiger partial charge in [0, 0.05) is 19.1 Å². The molecule has 1 saturated heterocycles. The highest BCUT2D eigenvalue weighted by Gasteiger charge is 2.44. The van der Waals surface area contributed by atoms with Crippen LogP contribution in [0, 0.1) is 11.8 Å². The van der Waals surface area contributed by atoms with Crippen LogP contribution in [-0.4, -0.2) is 56.4 Å². The minimum absolute atomic E-state index is 0.0160. The summed E-state index contributed by atoms with van der Waals surface area (Å²) < 4.78 is 49.4. The molecule has 9 nitrogen and oxygen atoms in total. The molecule has 1 amide bonds. The van der Waals surface area contributed by atoms with E-state index in [1.165, 1.54) is 27.8 Å². The maximum atomic E-state index is 12.7. The highest BCUT2D eigenvalue weighted by molar-refractivity contribution is 5.65. The molecule has 2 bridgehead atoms. The number of carbonyl (C=O) groups is 1. The van der Waals surface area contributed by atoms with Crippen LogP contribution < -0.4 is 14.8 Å². The molecule has 1 aromatic heterocycles. The van der Waals surface area contributed by atoms with E-state index in [1.54, 1.807) is 0 Å². The van der Waals surface area contributed by atoms with Crippen molar-refractivity contribution < 1.29 is 32.5 Å². The lowest BCUT2D eigenvalue weighted by molar-refractivity contribution is -0.275. The van der Waals surface area contributed by atoms with Gasteiger partial charge < -0.3 is 24.8 Å². The number of hydrogen-bond acceptors (Lipinski definition) is 6. The maximum absolute atomic E-state index is 12.7. The van der Waals surface area contributed by atoms with Crippen LogP contribution in [0.25, 0.3) is 0 Å². The monoisotopic (exact) mass is 455 g/mol. The number of anilines is 1. The van der Waals surface area contributed by atoms with Gasteiger partial charge in [0.15, 0.2) is 11.5 Å². The van der Waals surface area contributed by atoms with Gasteiger partial charge in [-0.2, -0.15) is 4.98 Å². The molecule has 0 radical (unpaired) electrons. The van der Waals surface area contributed by atoms with E-state index in [2.05, 4.69) is 20.1 Å². The van der Waals surface area contributed by atoms with Crippen LogP contribution in [0.2, 0.25) is 0 Å². The van der Waals surface area contributed by atoms with Gasteiger partial charge in [-0.1, -0.05) is 12.1 Å². The van der Waals surface area contributed by atoms with Gasteiger partial charge in [0.05, 0.1) is 6.04 Å². The molecule has 4 rings (SSSR count). The van der Waals surface area contributed by atoms with Crippen molar-refractivity contribution in [2.75, 3.05) is 18.4 Å². The normalized spacial score (nSPS) is 22.8. The predicted octanol–water partition coefficient (Wildman–Crippen LogP) is 4.35. The van der Waals surface area contributed by atoms with Crippen LogP contribution in [0.15, 0.2) is 24.3 Å². The van der Waals surface area contributed by atoms with Crippen LogP contribution in [0.1, 0.15) is 32.7 Å². The molecule has 2 aliphatic rings. The predicted molar refractivity (Wildman–Crippen MR) is 107 cm³/mol. The van der Waals surface area contributed by atoms with Gasteiger partial charge in [-0.25, -0.2) is 9.48 Å². The lowest BCUT2D eigenvalue weighted by Gasteiger charge is -2.36. The molecule has 1 saturated carbocycles. The van der Waals surface area contributed by atoms with Crippen LogP contribution in [-0.2, 0) is 0 Å². The molecule has 32 heavy (non-hydrogen) atoms. The number of rotatable bonds is 6. The molecule has 1 aliphatic heterocycles. The van der Waals surface area contributed by atoms with Gasteiger partial charge in [-0.15, -0.1) is 18.3 Å². The van der Waals surface area contributed by atoms with E-state index in [1.807, 2.05) is 13.8 Å². The fraction of sp³-hybridized carbons (Fsp3) is 0.550. The van der Waals surface area contributed by atoms with E-state index in [4.69, 9.17) is 4.74 Å². The van der Waals surface area contributed by atoms with Crippen molar-refractivity contribution in [3.05, 3.63) is 24.3 Å². The maximum Gasteiger partial charge on any atom is 0.573 e. The first-order chi connectivity index (χ1) is 15.1. The van der Waals surface area contributed by atoms with E-state index < -0.39 is 18.2 Å². The Labute approximate surface area is 182 Å². The molecular formula is C20H24F3N5O4.